The molecule has 0 spiro atoms. The van der Waals surface area contributed by atoms with Gasteiger partial charge in [0.2, 0.25) is 0 Å². The van der Waals surface area contributed by atoms with Gasteiger partial charge in [-0.15, -0.1) is 0 Å². The fraction of sp³-hybridized carbons (Fsp3) is 0.500. The van der Waals surface area contributed by atoms with Crippen LogP contribution in [0.2, 0.25) is 0 Å². The number of hydrogen-bond donors (Lipinski definition) is 0. The topological polar surface area (TPSA) is 30.7 Å². The minimum atomic E-state index is 0.420. The molecule has 0 bridgehead atoms. The number of hydrogen-bond acceptors (Lipinski definition) is 2. The fourth-order valence-electron chi connectivity index (χ4n) is 3.14. The van der Waals surface area contributed by atoms with Crippen LogP contribution in [-0.2, 0) is 19.4 Å². The monoisotopic (exact) mass is 333 g/mol. The van der Waals surface area contributed by atoms with E-state index >= 15 is 0 Å². The average molecular weight is 334 g/mol. The Bertz CT molecular complexity index is 579. The lowest BCUT2D eigenvalue weighted by molar-refractivity contribution is 0.448. The molecule has 0 radical (unpaired) electrons. The molecule has 0 amide bonds. The third kappa shape index (κ3) is 2.66. The maximum atomic E-state index is 4.43. The van der Waals surface area contributed by atoms with Crippen molar-refractivity contribution in [3.8, 4) is 0 Å². The molecule has 0 saturated heterocycles. The maximum Gasteiger partial charge on any atom is 0.138 e. The van der Waals surface area contributed by atoms with Crippen molar-refractivity contribution in [1.82, 2.24) is 14.8 Å². The Morgan fingerprint density at radius 1 is 1.35 bits per heavy atom. The molecule has 0 fully saturated rings. The second-order valence-electron chi connectivity index (χ2n) is 5.45. The fourth-order valence-corrected chi connectivity index (χ4v) is 4.03. The first-order valence-electron chi connectivity index (χ1n) is 7.38. The summed E-state index contributed by atoms with van der Waals surface area (Å²) in [4.78, 5) is 4.85. The Morgan fingerprint density at radius 3 is 3.05 bits per heavy atom. The molecule has 3 rings (SSSR count). The van der Waals surface area contributed by atoms with Gasteiger partial charge in [-0.2, -0.15) is 5.10 Å². The minimum absolute atomic E-state index is 0.420. The lowest BCUT2D eigenvalue weighted by Gasteiger charge is -2.21. The van der Waals surface area contributed by atoms with E-state index in [0.717, 1.165) is 18.8 Å². The molecule has 106 valence electrons. The van der Waals surface area contributed by atoms with Crippen molar-refractivity contribution in [2.75, 3.05) is 0 Å². The van der Waals surface area contributed by atoms with Crippen LogP contribution in [0.1, 0.15) is 41.5 Å². The van der Waals surface area contributed by atoms with E-state index in [2.05, 4.69) is 57.2 Å². The van der Waals surface area contributed by atoms with Gasteiger partial charge in [0.15, 0.2) is 0 Å². The zero-order valence-electron chi connectivity index (χ0n) is 11.8. The molecule has 1 aromatic heterocycles. The number of benzene rings is 1. The molecule has 0 N–H and O–H groups in total. The van der Waals surface area contributed by atoms with E-state index < -0.39 is 0 Å². The normalized spacial score (nSPS) is 22.3. The third-order valence-corrected chi connectivity index (χ3v) is 5.47. The van der Waals surface area contributed by atoms with Gasteiger partial charge in [-0.1, -0.05) is 40.2 Å². The van der Waals surface area contributed by atoms with Gasteiger partial charge >= 0.3 is 0 Å². The summed E-state index contributed by atoms with van der Waals surface area (Å²) in [5.74, 6) is 1.70. The highest BCUT2D eigenvalue weighted by Gasteiger charge is 2.26. The van der Waals surface area contributed by atoms with Crippen LogP contribution in [0.3, 0.4) is 0 Å². The predicted molar refractivity (Wildman–Crippen MR) is 83.9 cm³/mol. The second kappa shape index (κ2) is 6.08. The van der Waals surface area contributed by atoms with Crippen LogP contribution < -0.4 is 0 Å². The number of rotatable bonds is 3. The first-order chi connectivity index (χ1) is 9.79. The van der Waals surface area contributed by atoms with Gasteiger partial charge in [0.1, 0.15) is 12.2 Å². The third-order valence-electron chi connectivity index (χ3n) is 4.23. The summed E-state index contributed by atoms with van der Waals surface area (Å²) >= 11 is 3.94. The summed E-state index contributed by atoms with van der Waals surface area (Å²) in [6, 6.07) is 8.81. The van der Waals surface area contributed by atoms with E-state index in [-0.39, 0.29) is 0 Å². The van der Waals surface area contributed by atoms with E-state index in [4.69, 9.17) is 0 Å². The standard InChI is InChI=1S/C16H20BrN3/c1-2-20-15(18-11-19-20)10-13-8-5-7-12-6-3-4-9-14(12)16(13)17/h3-4,6,9,11,13,16H,2,5,7-8,10H2,1H3. The molecule has 1 aromatic carbocycles. The first-order valence-corrected chi connectivity index (χ1v) is 8.29. The van der Waals surface area contributed by atoms with Crippen LogP contribution in [0.4, 0.5) is 0 Å². The lowest BCUT2D eigenvalue weighted by Crippen LogP contribution is -2.14. The van der Waals surface area contributed by atoms with E-state index in [1.54, 1.807) is 6.33 Å². The smallest absolute Gasteiger partial charge is 0.138 e. The quantitative estimate of drug-likeness (QED) is 0.629. The van der Waals surface area contributed by atoms with Gasteiger partial charge in [-0.25, -0.2) is 4.98 Å². The second-order valence-corrected chi connectivity index (χ2v) is 6.44. The number of fused-ring (bicyclic) bond motifs is 1. The van der Waals surface area contributed by atoms with E-state index in [1.165, 1.54) is 30.4 Å². The van der Waals surface area contributed by atoms with Gasteiger partial charge in [0.25, 0.3) is 0 Å². The van der Waals surface area contributed by atoms with Crippen LogP contribution in [0.5, 0.6) is 0 Å². The summed E-state index contributed by atoms with van der Waals surface area (Å²) in [6.07, 6.45) is 6.35. The Balaban J connectivity index is 1.84. The number of alkyl halides is 1. The molecule has 2 unspecified atom stereocenters. The Hall–Kier alpha value is -1.16. The van der Waals surface area contributed by atoms with Crippen molar-refractivity contribution >= 4 is 15.9 Å². The zero-order chi connectivity index (χ0) is 13.9. The molecule has 0 aliphatic heterocycles. The summed E-state index contributed by atoms with van der Waals surface area (Å²) in [7, 11) is 0. The highest BCUT2D eigenvalue weighted by Crippen LogP contribution is 2.40. The van der Waals surface area contributed by atoms with E-state index in [0.29, 0.717) is 10.7 Å². The SMILES string of the molecule is CCn1ncnc1CC1CCCc2ccccc2C1Br. The Kier molecular flexibility index (Phi) is 4.20. The molecule has 1 aliphatic rings. The van der Waals surface area contributed by atoms with Gasteiger partial charge in [0, 0.05) is 17.8 Å². The van der Waals surface area contributed by atoms with Crippen molar-refractivity contribution in [2.45, 2.75) is 44.0 Å². The van der Waals surface area contributed by atoms with Gasteiger partial charge in [0.05, 0.1) is 0 Å². The molecule has 1 aliphatic carbocycles. The molecular weight excluding hydrogens is 314 g/mol. The molecule has 4 heteroatoms. The van der Waals surface area contributed by atoms with Crippen LogP contribution >= 0.6 is 15.9 Å². The van der Waals surface area contributed by atoms with Gasteiger partial charge in [-0.05, 0) is 43.2 Å². The molecule has 3 nitrogen and oxygen atoms in total. The summed E-state index contributed by atoms with van der Waals surface area (Å²) < 4.78 is 2.01. The summed E-state index contributed by atoms with van der Waals surface area (Å²) in [6.45, 7) is 3.01. The van der Waals surface area contributed by atoms with Gasteiger partial charge in [-0.3, -0.25) is 4.68 Å². The highest BCUT2D eigenvalue weighted by molar-refractivity contribution is 9.09. The highest BCUT2D eigenvalue weighted by atomic mass is 79.9. The molecule has 2 atom stereocenters. The van der Waals surface area contributed by atoms with Crippen molar-refractivity contribution in [3.05, 3.63) is 47.5 Å². The molecule has 2 aromatic rings. The largest absolute Gasteiger partial charge is 0.250 e. The molecule has 0 saturated carbocycles. The molecule has 20 heavy (non-hydrogen) atoms. The predicted octanol–water partition coefficient (Wildman–Crippen LogP) is 3.93. The molecular formula is C16H20BrN3. The van der Waals surface area contributed by atoms with Crippen molar-refractivity contribution in [1.29, 1.82) is 0 Å². The molecule has 1 heterocycles. The van der Waals surface area contributed by atoms with Crippen LogP contribution in [0, 0.1) is 5.92 Å². The summed E-state index contributed by atoms with van der Waals surface area (Å²) in [5.41, 5.74) is 2.95. The van der Waals surface area contributed by atoms with Crippen LogP contribution in [0.25, 0.3) is 0 Å². The zero-order valence-corrected chi connectivity index (χ0v) is 13.4. The van der Waals surface area contributed by atoms with Crippen molar-refractivity contribution in [2.24, 2.45) is 5.92 Å². The van der Waals surface area contributed by atoms with Crippen LogP contribution in [-0.4, -0.2) is 14.8 Å². The van der Waals surface area contributed by atoms with Crippen LogP contribution in [0.15, 0.2) is 30.6 Å². The maximum absolute atomic E-state index is 4.43. The lowest BCUT2D eigenvalue weighted by atomic mass is 9.93. The summed E-state index contributed by atoms with van der Waals surface area (Å²) in [5, 5.41) is 4.28. The van der Waals surface area contributed by atoms with E-state index in [1.807, 2.05) is 4.68 Å². The average Bonchev–Trinajstić information content (AvgIpc) is 2.86. The van der Waals surface area contributed by atoms with E-state index in [9.17, 15) is 0 Å². The number of halogens is 1. The number of nitrogens with zero attached hydrogens (tertiary/aromatic N) is 3. The number of aromatic nitrogens is 3. The minimum Gasteiger partial charge on any atom is -0.250 e. The van der Waals surface area contributed by atoms with Crippen molar-refractivity contribution in [3.63, 3.8) is 0 Å². The Morgan fingerprint density at radius 2 is 2.20 bits per heavy atom. The first kappa shape index (κ1) is 13.8. The Labute approximate surface area is 128 Å². The van der Waals surface area contributed by atoms with Crippen molar-refractivity contribution < 1.29 is 0 Å². The number of aryl methyl sites for hydroxylation is 2. The van der Waals surface area contributed by atoms with Gasteiger partial charge < -0.3 is 0 Å².